The van der Waals surface area contributed by atoms with Crippen LogP contribution in [0.1, 0.15) is 41.5 Å². The van der Waals surface area contributed by atoms with E-state index in [0.717, 1.165) is 24.0 Å². The number of hydrogen-bond donors (Lipinski definition) is 2. The maximum atomic E-state index is 13.5. The van der Waals surface area contributed by atoms with Crippen LogP contribution >= 0.6 is 0 Å². The van der Waals surface area contributed by atoms with Crippen LogP contribution in [-0.4, -0.2) is 64.1 Å². The smallest absolute Gasteiger partial charge is 0.411 e. The predicted molar refractivity (Wildman–Crippen MR) is 135 cm³/mol. The maximum Gasteiger partial charge on any atom is 0.411 e. The van der Waals surface area contributed by atoms with E-state index < -0.39 is 17.9 Å². The summed E-state index contributed by atoms with van der Waals surface area (Å²) >= 11 is 0. The van der Waals surface area contributed by atoms with Crippen LogP contribution in [0.25, 0.3) is 11.3 Å². The Kier molecular flexibility index (Phi) is 7.18. The highest BCUT2D eigenvalue weighted by Crippen LogP contribution is 2.32. The van der Waals surface area contributed by atoms with E-state index >= 15 is 0 Å². The van der Waals surface area contributed by atoms with Gasteiger partial charge in [0.1, 0.15) is 18.5 Å². The fraction of sp³-hybridized carbons (Fsp3) is 0.370. The summed E-state index contributed by atoms with van der Waals surface area (Å²) in [6.45, 7) is 3.19. The van der Waals surface area contributed by atoms with Crippen molar-refractivity contribution in [1.82, 2.24) is 24.7 Å². The Morgan fingerprint density at radius 1 is 0.917 bits per heavy atom. The minimum Gasteiger partial charge on any atom is -0.444 e. The third-order valence-corrected chi connectivity index (χ3v) is 6.80. The molecule has 2 aliphatic heterocycles. The Balaban J connectivity index is 1.50. The van der Waals surface area contributed by atoms with Crippen LogP contribution in [0.3, 0.4) is 0 Å². The lowest BCUT2D eigenvalue weighted by Crippen LogP contribution is -2.46. The Morgan fingerprint density at radius 2 is 1.61 bits per heavy atom. The highest BCUT2D eigenvalue weighted by atomic mass is 16.6. The number of piperidine rings is 1. The number of hydrogen-bond acceptors (Lipinski definition) is 5. The molecule has 9 heteroatoms. The minimum absolute atomic E-state index is 0.156. The number of benzene rings is 2. The van der Waals surface area contributed by atoms with E-state index in [2.05, 4.69) is 10.3 Å². The number of amides is 2. The lowest BCUT2D eigenvalue weighted by Gasteiger charge is -2.36. The van der Waals surface area contributed by atoms with E-state index in [9.17, 15) is 14.4 Å². The zero-order chi connectivity index (χ0) is 24.9. The van der Waals surface area contributed by atoms with E-state index in [1.54, 1.807) is 14.4 Å². The largest absolute Gasteiger partial charge is 0.444 e. The number of nitrogens with one attached hydrogen (secondary N) is 2. The zero-order valence-electron chi connectivity index (χ0n) is 20.2. The minimum atomic E-state index is -0.550. The molecular formula is C27H31N5O4. The monoisotopic (exact) mass is 489 g/mol. The molecule has 1 unspecified atom stereocenters. The number of carbonyl (C=O) groups is 2. The first-order valence-electron chi connectivity index (χ1n) is 12.5. The molecule has 2 aliphatic rings. The number of likely N-dealkylation sites (tertiary alicyclic amines) is 1. The number of carbonyl (C=O) groups excluding carboxylic acids is 2. The summed E-state index contributed by atoms with van der Waals surface area (Å²) in [7, 11) is 0. The second kappa shape index (κ2) is 10.8. The van der Waals surface area contributed by atoms with Gasteiger partial charge in [0.25, 0.3) is 5.91 Å². The fourth-order valence-electron chi connectivity index (χ4n) is 4.99. The molecule has 1 atom stereocenters. The molecule has 5 rings (SSSR count). The van der Waals surface area contributed by atoms with Gasteiger partial charge in [0.05, 0.1) is 5.69 Å². The second-order valence-corrected chi connectivity index (χ2v) is 9.14. The van der Waals surface area contributed by atoms with Crippen molar-refractivity contribution in [2.75, 3.05) is 32.7 Å². The van der Waals surface area contributed by atoms with Gasteiger partial charge in [-0.05, 0) is 24.8 Å². The van der Waals surface area contributed by atoms with Crippen LogP contribution < -0.4 is 11.0 Å². The second-order valence-electron chi connectivity index (χ2n) is 9.14. The third kappa shape index (κ3) is 4.92. The fourth-order valence-corrected chi connectivity index (χ4v) is 4.99. The summed E-state index contributed by atoms with van der Waals surface area (Å²) in [5.74, 6) is -0.208. The summed E-state index contributed by atoms with van der Waals surface area (Å²) < 4.78 is 7.21. The average molecular weight is 490 g/mol. The first-order chi connectivity index (χ1) is 17.6. The number of nitrogens with zero attached hydrogens (tertiary/aromatic N) is 3. The summed E-state index contributed by atoms with van der Waals surface area (Å²) in [6, 6.07) is 18.9. The Morgan fingerprint density at radius 3 is 2.33 bits per heavy atom. The van der Waals surface area contributed by atoms with Crippen molar-refractivity contribution >= 4 is 12.0 Å². The van der Waals surface area contributed by atoms with E-state index in [0.29, 0.717) is 44.8 Å². The van der Waals surface area contributed by atoms with Crippen molar-refractivity contribution in [3.63, 3.8) is 0 Å². The van der Waals surface area contributed by atoms with E-state index in [1.807, 2.05) is 60.7 Å². The summed E-state index contributed by atoms with van der Waals surface area (Å²) in [4.78, 5) is 46.4. The average Bonchev–Trinajstić information content (AvgIpc) is 3.29. The molecule has 2 N–H and O–H groups in total. The van der Waals surface area contributed by atoms with Crippen LogP contribution in [-0.2, 0) is 11.3 Å². The van der Waals surface area contributed by atoms with Crippen molar-refractivity contribution in [1.29, 1.82) is 0 Å². The van der Waals surface area contributed by atoms with Gasteiger partial charge in [-0.2, -0.15) is 0 Å². The topological polar surface area (TPSA) is 99.7 Å². The third-order valence-electron chi connectivity index (χ3n) is 6.80. The molecule has 2 saturated heterocycles. The van der Waals surface area contributed by atoms with Gasteiger partial charge < -0.3 is 19.9 Å². The molecular weight excluding hydrogens is 458 g/mol. The van der Waals surface area contributed by atoms with Gasteiger partial charge in [0, 0.05) is 38.3 Å². The summed E-state index contributed by atoms with van der Waals surface area (Å²) in [5, 5.41) is 3.25. The van der Waals surface area contributed by atoms with Crippen molar-refractivity contribution in [2.24, 2.45) is 0 Å². The van der Waals surface area contributed by atoms with Crippen molar-refractivity contribution in [2.45, 2.75) is 32.0 Å². The molecule has 0 spiro atoms. The van der Waals surface area contributed by atoms with Gasteiger partial charge in [-0.1, -0.05) is 60.7 Å². The summed E-state index contributed by atoms with van der Waals surface area (Å²) in [5.41, 5.74) is 2.01. The van der Waals surface area contributed by atoms with Gasteiger partial charge >= 0.3 is 11.8 Å². The molecule has 0 radical (unpaired) electrons. The highest BCUT2D eigenvalue weighted by Gasteiger charge is 2.35. The number of aromatic nitrogens is 2. The van der Waals surface area contributed by atoms with Gasteiger partial charge in [-0.3, -0.25) is 14.3 Å². The van der Waals surface area contributed by atoms with E-state index in [4.69, 9.17) is 4.74 Å². The normalized spacial score (nSPS) is 18.2. The predicted octanol–water partition coefficient (Wildman–Crippen LogP) is 3.21. The van der Waals surface area contributed by atoms with Crippen molar-refractivity contribution in [3.8, 4) is 11.3 Å². The molecule has 2 aromatic carbocycles. The lowest BCUT2D eigenvalue weighted by molar-refractivity contribution is 0.0477. The van der Waals surface area contributed by atoms with Crippen LogP contribution in [0.15, 0.2) is 65.5 Å². The molecule has 9 nitrogen and oxygen atoms in total. The number of aromatic amines is 1. The first kappa shape index (κ1) is 23.9. The molecule has 3 heterocycles. The van der Waals surface area contributed by atoms with Crippen LogP contribution in [0.2, 0.25) is 0 Å². The molecule has 2 fully saturated rings. The summed E-state index contributed by atoms with van der Waals surface area (Å²) in [6.07, 6.45) is 1.26. The van der Waals surface area contributed by atoms with E-state index in [-0.39, 0.29) is 18.2 Å². The van der Waals surface area contributed by atoms with Crippen molar-refractivity contribution in [3.05, 3.63) is 82.4 Å². The molecule has 188 valence electrons. The number of imidazole rings is 1. The highest BCUT2D eigenvalue weighted by molar-refractivity contribution is 5.98. The van der Waals surface area contributed by atoms with E-state index in [1.165, 1.54) is 0 Å². The Labute approximate surface area is 209 Å². The van der Waals surface area contributed by atoms with Crippen LogP contribution in [0.4, 0.5) is 4.79 Å². The molecule has 0 bridgehead atoms. The SMILES string of the molecule is O=C(c1[nH]c(=O)n(C2CCCCN2C(=O)OCc2ccccc2)c1-c1ccccc1)N1CCNCC1. The molecule has 1 aromatic heterocycles. The quantitative estimate of drug-likeness (QED) is 0.573. The van der Waals surface area contributed by atoms with Crippen molar-refractivity contribution < 1.29 is 14.3 Å². The van der Waals surface area contributed by atoms with Gasteiger partial charge in [0.15, 0.2) is 0 Å². The number of ether oxygens (including phenoxy) is 1. The Hall–Kier alpha value is -3.85. The zero-order valence-corrected chi connectivity index (χ0v) is 20.2. The Bertz CT molecular complexity index is 1250. The maximum absolute atomic E-state index is 13.5. The first-order valence-corrected chi connectivity index (χ1v) is 12.5. The number of H-pyrrole nitrogens is 1. The number of piperazine rings is 1. The molecule has 3 aromatic rings. The molecule has 2 amide bonds. The molecule has 36 heavy (non-hydrogen) atoms. The van der Waals surface area contributed by atoms with Crippen LogP contribution in [0.5, 0.6) is 0 Å². The van der Waals surface area contributed by atoms with Crippen LogP contribution in [0, 0.1) is 0 Å². The molecule has 0 aliphatic carbocycles. The standard InChI is InChI=1S/C27H31N5O4/c33-25(30-17-14-28-15-18-30)23-24(21-11-5-2-6-12-21)32(26(34)29-23)22-13-7-8-16-31(22)27(35)36-19-20-9-3-1-4-10-20/h1-6,9-12,22,28H,7-8,13-19H2,(H,29,34). The number of rotatable bonds is 5. The lowest BCUT2D eigenvalue weighted by atomic mass is 10.1. The van der Waals surface area contributed by atoms with Gasteiger partial charge in [0.2, 0.25) is 0 Å². The van der Waals surface area contributed by atoms with Gasteiger partial charge in [-0.15, -0.1) is 0 Å². The molecule has 0 saturated carbocycles. The van der Waals surface area contributed by atoms with Gasteiger partial charge in [-0.25, -0.2) is 9.59 Å².